The van der Waals surface area contributed by atoms with E-state index in [2.05, 4.69) is 33.2 Å². The van der Waals surface area contributed by atoms with Crippen molar-refractivity contribution in [3.63, 3.8) is 0 Å². The van der Waals surface area contributed by atoms with E-state index in [9.17, 15) is 8.42 Å². The Morgan fingerprint density at radius 1 is 1.39 bits per heavy atom. The molecule has 1 aliphatic heterocycles. The first kappa shape index (κ1) is 16.6. The van der Waals surface area contributed by atoms with E-state index in [1.54, 1.807) is 0 Å². The first-order valence-electron chi connectivity index (χ1n) is 6.98. The Bertz CT molecular complexity index is 798. The van der Waals surface area contributed by atoms with Gasteiger partial charge in [0.15, 0.2) is 0 Å². The molecule has 1 aromatic heterocycles. The molecular weight excluding hydrogens is 386 g/mol. The monoisotopic (exact) mass is 401 g/mol. The zero-order valence-corrected chi connectivity index (χ0v) is 14.9. The molecule has 1 fully saturated rings. The van der Waals surface area contributed by atoms with Crippen LogP contribution >= 0.6 is 15.9 Å². The largest absolute Gasteiger partial charge is 0.379 e. The van der Waals surface area contributed by atoms with Crippen molar-refractivity contribution < 1.29 is 21.9 Å². The highest BCUT2D eigenvalue weighted by molar-refractivity contribution is 9.10. The molecule has 124 valence electrons. The summed E-state index contributed by atoms with van der Waals surface area (Å²) in [6.07, 6.45) is 3.04. The maximum atomic E-state index is 11.2. The number of nitrogens with zero attached hydrogens (tertiary/aromatic N) is 1. The van der Waals surface area contributed by atoms with Gasteiger partial charge < -0.3 is 9.26 Å². The molecule has 0 amide bonds. The summed E-state index contributed by atoms with van der Waals surface area (Å²) in [4.78, 5) is 0. The number of aromatic nitrogens is 1. The molecule has 6 nitrogen and oxygen atoms in total. The summed E-state index contributed by atoms with van der Waals surface area (Å²) in [5, 5.41) is 4.01. The molecule has 0 unspecified atom stereocenters. The second-order valence-corrected chi connectivity index (χ2v) is 8.27. The van der Waals surface area contributed by atoms with Crippen LogP contribution in [-0.2, 0) is 37.5 Å². The van der Waals surface area contributed by atoms with Gasteiger partial charge in [-0.15, -0.1) is 0 Å². The van der Waals surface area contributed by atoms with Gasteiger partial charge in [-0.25, -0.2) is 0 Å². The zero-order valence-electron chi connectivity index (χ0n) is 12.5. The lowest BCUT2D eigenvalue weighted by atomic mass is 9.74. The highest BCUT2D eigenvalue weighted by Crippen LogP contribution is 2.37. The van der Waals surface area contributed by atoms with Crippen LogP contribution < -0.4 is 0 Å². The number of benzene rings is 1. The van der Waals surface area contributed by atoms with Crippen molar-refractivity contribution in [3.8, 4) is 0 Å². The van der Waals surface area contributed by atoms with E-state index in [1.807, 2.05) is 12.1 Å². The molecule has 8 heteroatoms. The predicted molar refractivity (Wildman–Crippen MR) is 86.5 cm³/mol. The Balaban J connectivity index is 1.82. The molecule has 1 aromatic carbocycles. The van der Waals surface area contributed by atoms with Gasteiger partial charge in [0.25, 0.3) is 10.1 Å². The molecule has 0 bridgehead atoms. The first-order chi connectivity index (χ1) is 10.9. The fourth-order valence-corrected chi connectivity index (χ4v) is 3.31. The maximum Gasteiger partial charge on any atom is 0.264 e. The molecule has 0 atom stereocenters. The highest BCUT2D eigenvalue weighted by atomic mass is 79.9. The maximum absolute atomic E-state index is 11.2. The number of hydrogen-bond acceptors (Lipinski definition) is 6. The smallest absolute Gasteiger partial charge is 0.264 e. The van der Waals surface area contributed by atoms with Crippen LogP contribution in [0.4, 0.5) is 0 Å². The fraction of sp³-hybridized carbons (Fsp3) is 0.400. The molecule has 1 aliphatic rings. The van der Waals surface area contributed by atoms with Crippen LogP contribution in [0.1, 0.15) is 16.8 Å². The van der Waals surface area contributed by atoms with Crippen LogP contribution in [0.2, 0.25) is 0 Å². The normalized spacial score (nSPS) is 17.0. The molecule has 1 saturated heterocycles. The van der Waals surface area contributed by atoms with Gasteiger partial charge in [0.1, 0.15) is 6.26 Å². The van der Waals surface area contributed by atoms with E-state index in [4.69, 9.17) is 13.4 Å². The third-order valence-corrected chi connectivity index (χ3v) is 4.90. The molecule has 3 rings (SSSR count). The van der Waals surface area contributed by atoms with Gasteiger partial charge in [-0.05, 0) is 17.7 Å². The van der Waals surface area contributed by atoms with Crippen LogP contribution in [0, 0.1) is 0 Å². The van der Waals surface area contributed by atoms with E-state index in [-0.39, 0.29) is 12.0 Å². The van der Waals surface area contributed by atoms with E-state index in [1.165, 1.54) is 6.26 Å². The van der Waals surface area contributed by atoms with Gasteiger partial charge in [0.05, 0.1) is 31.8 Å². The number of ether oxygens (including phenoxy) is 1. The van der Waals surface area contributed by atoms with Crippen molar-refractivity contribution in [2.24, 2.45) is 0 Å². The minimum absolute atomic E-state index is 0.0763. The van der Waals surface area contributed by atoms with Crippen LogP contribution in [0.3, 0.4) is 0 Å². The number of halogens is 1. The second kappa shape index (κ2) is 6.35. The summed E-state index contributed by atoms with van der Waals surface area (Å²) in [6, 6.07) is 8.07. The van der Waals surface area contributed by atoms with Crippen molar-refractivity contribution >= 4 is 26.0 Å². The lowest BCUT2D eigenvalue weighted by Crippen LogP contribution is -2.48. The van der Waals surface area contributed by atoms with Crippen molar-refractivity contribution in [1.82, 2.24) is 5.16 Å². The first-order valence-corrected chi connectivity index (χ1v) is 9.59. The summed E-state index contributed by atoms with van der Waals surface area (Å²) in [5.41, 5.74) is 2.30. The van der Waals surface area contributed by atoms with E-state index >= 15 is 0 Å². The van der Waals surface area contributed by atoms with Crippen LogP contribution in [0.25, 0.3) is 0 Å². The van der Waals surface area contributed by atoms with Gasteiger partial charge in [-0.2, -0.15) is 8.42 Å². The minimum atomic E-state index is -3.51. The third kappa shape index (κ3) is 3.82. The minimum Gasteiger partial charge on any atom is -0.379 e. The van der Waals surface area contributed by atoms with E-state index in [0.717, 1.165) is 16.3 Å². The molecule has 23 heavy (non-hydrogen) atoms. The van der Waals surface area contributed by atoms with Crippen molar-refractivity contribution in [2.45, 2.75) is 18.4 Å². The Morgan fingerprint density at radius 2 is 2.17 bits per heavy atom. The average Bonchev–Trinajstić information content (AvgIpc) is 2.87. The molecule has 0 spiro atoms. The summed E-state index contributed by atoms with van der Waals surface area (Å²) in [6.45, 7) is 1.10. The lowest BCUT2D eigenvalue weighted by molar-refractivity contribution is -0.0607. The molecule has 2 heterocycles. The SMILES string of the molecule is CS(=O)(=O)OCc1conc1CC1(c2cccc(Br)c2)COC1. The number of rotatable bonds is 6. The van der Waals surface area contributed by atoms with Crippen molar-refractivity contribution in [2.75, 3.05) is 19.5 Å². The van der Waals surface area contributed by atoms with Gasteiger partial charge >= 0.3 is 0 Å². The molecule has 0 N–H and O–H groups in total. The molecule has 0 aliphatic carbocycles. The summed E-state index contributed by atoms with van der Waals surface area (Å²) in [7, 11) is -3.51. The van der Waals surface area contributed by atoms with Gasteiger partial charge in [-0.3, -0.25) is 4.18 Å². The Morgan fingerprint density at radius 3 is 2.78 bits per heavy atom. The molecule has 0 radical (unpaired) electrons. The molecular formula is C15H16BrNO5S. The second-order valence-electron chi connectivity index (χ2n) is 5.71. The Labute approximate surface area is 143 Å². The van der Waals surface area contributed by atoms with Crippen LogP contribution in [0.15, 0.2) is 39.5 Å². The van der Waals surface area contributed by atoms with Crippen LogP contribution in [-0.4, -0.2) is 33.0 Å². The fourth-order valence-electron chi connectivity index (χ4n) is 2.57. The standard InChI is InChI=1S/C15H16BrNO5S/c1-23(18,19)22-8-11-7-21-17-14(11)6-15(9-20-10-15)12-3-2-4-13(16)5-12/h2-5,7H,6,8-10H2,1H3. The topological polar surface area (TPSA) is 78.6 Å². The van der Waals surface area contributed by atoms with E-state index in [0.29, 0.717) is 30.9 Å². The third-order valence-electron chi connectivity index (χ3n) is 3.86. The van der Waals surface area contributed by atoms with Gasteiger partial charge in [0.2, 0.25) is 0 Å². The Kier molecular flexibility index (Phi) is 4.59. The van der Waals surface area contributed by atoms with Gasteiger partial charge in [0, 0.05) is 21.9 Å². The quantitative estimate of drug-likeness (QED) is 0.691. The van der Waals surface area contributed by atoms with Crippen molar-refractivity contribution in [1.29, 1.82) is 0 Å². The molecule has 0 saturated carbocycles. The average molecular weight is 402 g/mol. The summed E-state index contributed by atoms with van der Waals surface area (Å²) in [5.74, 6) is 0. The molecule has 2 aromatic rings. The predicted octanol–water partition coefficient (Wildman–Crippen LogP) is 2.42. The number of hydrogen-bond donors (Lipinski definition) is 0. The van der Waals surface area contributed by atoms with Gasteiger partial charge in [-0.1, -0.05) is 33.2 Å². The van der Waals surface area contributed by atoms with Crippen LogP contribution in [0.5, 0.6) is 0 Å². The highest BCUT2D eigenvalue weighted by Gasteiger charge is 2.41. The zero-order chi connectivity index (χ0) is 16.5. The summed E-state index contributed by atoms with van der Waals surface area (Å²) >= 11 is 3.49. The summed E-state index contributed by atoms with van der Waals surface area (Å²) < 4.78 is 38.6. The Hall–Kier alpha value is -1.22. The van der Waals surface area contributed by atoms with Crippen molar-refractivity contribution in [3.05, 3.63) is 51.8 Å². The lowest BCUT2D eigenvalue weighted by Gasteiger charge is -2.41. The van der Waals surface area contributed by atoms with E-state index < -0.39 is 10.1 Å².